The van der Waals surface area contributed by atoms with Crippen LogP contribution in [-0.4, -0.2) is 23.3 Å². The minimum Gasteiger partial charge on any atom is -0.326 e. The summed E-state index contributed by atoms with van der Waals surface area (Å²) in [4.78, 5) is 30.0. The average molecular weight is 316 g/mol. The van der Waals surface area contributed by atoms with Crippen LogP contribution in [0.25, 0.3) is 0 Å². The first-order valence-electron chi connectivity index (χ1n) is 6.90. The van der Waals surface area contributed by atoms with Gasteiger partial charge in [0, 0.05) is 29.9 Å². The van der Waals surface area contributed by atoms with Crippen LogP contribution < -0.4 is 10.2 Å². The zero-order valence-corrected chi connectivity index (χ0v) is 12.5. The van der Waals surface area contributed by atoms with Crippen LogP contribution in [0.2, 0.25) is 5.02 Å². The fourth-order valence-electron chi connectivity index (χ4n) is 2.42. The zero-order chi connectivity index (χ0) is 15.5. The Morgan fingerprint density at radius 2 is 2.05 bits per heavy atom. The van der Waals surface area contributed by atoms with Gasteiger partial charge in [-0.15, -0.1) is 0 Å². The molecule has 0 aliphatic carbocycles. The Hall–Kier alpha value is -2.40. The molecule has 0 spiro atoms. The summed E-state index contributed by atoms with van der Waals surface area (Å²) in [6, 6.07) is 10.5. The summed E-state index contributed by atoms with van der Waals surface area (Å²) in [7, 11) is 0. The summed E-state index contributed by atoms with van der Waals surface area (Å²) in [5.41, 5.74) is 1.39. The highest BCUT2D eigenvalue weighted by atomic mass is 35.5. The van der Waals surface area contributed by atoms with Gasteiger partial charge in [0.05, 0.1) is 17.8 Å². The molecule has 1 unspecified atom stereocenters. The van der Waals surface area contributed by atoms with E-state index in [1.165, 1.54) is 0 Å². The maximum absolute atomic E-state index is 12.3. The molecule has 1 fully saturated rings. The second-order valence-corrected chi connectivity index (χ2v) is 5.55. The topological polar surface area (TPSA) is 62.3 Å². The zero-order valence-electron chi connectivity index (χ0n) is 11.7. The Kier molecular flexibility index (Phi) is 4.06. The van der Waals surface area contributed by atoms with Crippen molar-refractivity contribution in [1.82, 2.24) is 4.98 Å². The number of aromatic nitrogens is 1. The number of nitrogens with zero attached hydrogens (tertiary/aromatic N) is 2. The first kappa shape index (κ1) is 14.5. The van der Waals surface area contributed by atoms with E-state index in [0.717, 1.165) is 0 Å². The number of carbonyl (C=O) groups is 2. The molecule has 1 aliphatic heterocycles. The Bertz CT molecular complexity index is 688. The van der Waals surface area contributed by atoms with Crippen LogP contribution in [0.15, 0.2) is 48.8 Å². The van der Waals surface area contributed by atoms with Crippen molar-refractivity contribution in [2.24, 2.45) is 5.92 Å². The number of hydrogen-bond acceptors (Lipinski definition) is 3. The van der Waals surface area contributed by atoms with Crippen molar-refractivity contribution in [3.05, 3.63) is 53.8 Å². The van der Waals surface area contributed by atoms with Gasteiger partial charge in [-0.2, -0.15) is 0 Å². The van der Waals surface area contributed by atoms with E-state index < -0.39 is 0 Å². The smallest absolute Gasteiger partial charge is 0.229 e. The van der Waals surface area contributed by atoms with Gasteiger partial charge in [0.1, 0.15) is 0 Å². The number of nitrogens with one attached hydrogen (secondary N) is 1. The van der Waals surface area contributed by atoms with Crippen molar-refractivity contribution in [3.8, 4) is 0 Å². The maximum atomic E-state index is 12.3. The summed E-state index contributed by atoms with van der Waals surface area (Å²) in [5, 5.41) is 3.42. The lowest BCUT2D eigenvalue weighted by molar-refractivity contribution is -0.122. The van der Waals surface area contributed by atoms with Gasteiger partial charge in [0.25, 0.3) is 0 Å². The third kappa shape index (κ3) is 3.09. The Morgan fingerprint density at radius 3 is 2.73 bits per heavy atom. The number of amides is 2. The number of anilines is 2. The molecule has 1 atom stereocenters. The molecule has 0 bridgehead atoms. The lowest BCUT2D eigenvalue weighted by atomic mass is 10.1. The van der Waals surface area contributed by atoms with E-state index in [9.17, 15) is 9.59 Å². The molecule has 1 aromatic carbocycles. The Morgan fingerprint density at radius 1 is 1.27 bits per heavy atom. The van der Waals surface area contributed by atoms with Crippen LogP contribution in [0.1, 0.15) is 6.42 Å². The van der Waals surface area contributed by atoms with Crippen molar-refractivity contribution in [3.63, 3.8) is 0 Å². The van der Waals surface area contributed by atoms with Crippen molar-refractivity contribution in [2.75, 3.05) is 16.8 Å². The minimum absolute atomic E-state index is 0.0655. The van der Waals surface area contributed by atoms with Crippen LogP contribution in [0, 0.1) is 5.92 Å². The van der Waals surface area contributed by atoms with Gasteiger partial charge in [0.15, 0.2) is 0 Å². The van der Waals surface area contributed by atoms with Gasteiger partial charge in [-0.25, -0.2) is 0 Å². The van der Waals surface area contributed by atoms with Crippen molar-refractivity contribution >= 4 is 34.8 Å². The molecule has 2 amide bonds. The molecule has 22 heavy (non-hydrogen) atoms. The normalized spacial score (nSPS) is 17.6. The van der Waals surface area contributed by atoms with Gasteiger partial charge in [-0.3, -0.25) is 14.6 Å². The van der Waals surface area contributed by atoms with E-state index in [0.29, 0.717) is 22.9 Å². The molecule has 0 radical (unpaired) electrons. The highest BCUT2D eigenvalue weighted by Gasteiger charge is 2.35. The second kappa shape index (κ2) is 6.15. The van der Waals surface area contributed by atoms with Gasteiger partial charge in [0.2, 0.25) is 11.8 Å². The molecular weight excluding hydrogens is 302 g/mol. The molecule has 1 saturated heterocycles. The summed E-state index contributed by atoms with van der Waals surface area (Å²) < 4.78 is 0. The minimum atomic E-state index is -0.372. The number of rotatable bonds is 3. The monoisotopic (exact) mass is 315 g/mol. The van der Waals surface area contributed by atoms with Crippen molar-refractivity contribution in [1.29, 1.82) is 0 Å². The number of carbonyl (C=O) groups excluding carboxylic acids is 2. The van der Waals surface area contributed by atoms with Crippen LogP contribution in [0.5, 0.6) is 0 Å². The van der Waals surface area contributed by atoms with E-state index in [1.807, 2.05) is 6.07 Å². The summed E-state index contributed by atoms with van der Waals surface area (Å²) in [6.07, 6.45) is 3.47. The highest BCUT2D eigenvalue weighted by molar-refractivity contribution is 6.30. The highest BCUT2D eigenvalue weighted by Crippen LogP contribution is 2.25. The van der Waals surface area contributed by atoms with E-state index in [-0.39, 0.29) is 24.2 Å². The van der Waals surface area contributed by atoms with Gasteiger partial charge < -0.3 is 10.2 Å². The van der Waals surface area contributed by atoms with E-state index in [2.05, 4.69) is 10.3 Å². The fraction of sp³-hybridized carbons (Fsp3) is 0.188. The summed E-state index contributed by atoms with van der Waals surface area (Å²) >= 11 is 5.81. The lowest BCUT2D eigenvalue weighted by Crippen LogP contribution is -2.28. The fourth-order valence-corrected chi connectivity index (χ4v) is 2.55. The molecule has 1 N–H and O–H groups in total. The number of pyridine rings is 1. The van der Waals surface area contributed by atoms with E-state index in [1.54, 1.807) is 47.6 Å². The molecule has 0 saturated carbocycles. The van der Waals surface area contributed by atoms with E-state index >= 15 is 0 Å². The molecule has 1 aliphatic rings. The largest absolute Gasteiger partial charge is 0.326 e. The number of hydrogen-bond donors (Lipinski definition) is 1. The predicted octanol–water partition coefficient (Wildman–Crippen LogP) is 2.73. The SMILES string of the molecule is O=C(Nc1ccc(Cl)cc1)C1CC(=O)N(c2cccnc2)C1. The first-order chi connectivity index (χ1) is 10.6. The predicted molar refractivity (Wildman–Crippen MR) is 84.8 cm³/mol. The van der Waals surface area contributed by atoms with Crippen LogP contribution in [0.3, 0.4) is 0 Å². The molecule has 1 aromatic heterocycles. The maximum Gasteiger partial charge on any atom is 0.229 e. The first-order valence-corrected chi connectivity index (χ1v) is 7.28. The molecule has 3 rings (SSSR count). The lowest BCUT2D eigenvalue weighted by Gasteiger charge is -2.16. The summed E-state index contributed by atoms with van der Waals surface area (Å²) in [5.74, 6) is -0.602. The molecular formula is C16H14ClN3O2. The molecule has 6 heteroatoms. The third-order valence-corrected chi connectivity index (χ3v) is 3.82. The Labute approximate surface area is 132 Å². The third-order valence-electron chi connectivity index (χ3n) is 3.57. The van der Waals surface area contributed by atoms with Crippen LogP contribution >= 0.6 is 11.6 Å². The molecule has 5 nitrogen and oxygen atoms in total. The second-order valence-electron chi connectivity index (χ2n) is 5.11. The Balaban J connectivity index is 1.67. The number of benzene rings is 1. The number of halogens is 1. The molecule has 2 aromatic rings. The van der Waals surface area contributed by atoms with Crippen molar-refractivity contribution in [2.45, 2.75) is 6.42 Å². The quantitative estimate of drug-likeness (QED) is 0.947. The van der Waals surface area contributed by atoms with Crippen molar-refractivity contribution < 1.29 is 9.59 Å². The molecule has 112 valence electrons. The van der Waals surface area contributed by atoms with Crippen LogP contribution in [0.4, 0.5) is 11.4 Å². The standard InChI is InChI=1S/C16H14ClN3O2/c17-12-3-5-13(6-4-12)19-16(22)11-8-15(21)20(10-11)14-2-1-7-18-9-14/h1-7,9,11H,8,10H2,(H,19,22). The van der Waals surface area contributed by atoms with E-state index in [4.69, 9.17) is 11.6 Å². The van der Waals surface area contributed by atoms with Gasteiger partial charge >= 0.3 is 0 Å². The summed E-state index contributed by atoms with van der Waals surface area (Å²) in [6.45, 7) is 0.365. The average Bonchev–Trinajstić information content (AvgIpc) is 2.92. The van der Waals surface area contributed by atoms with Gasteiger partial charge in [-0.05, 0) is 36.4 Å². The van der Waals surface area contributed by atoms with Crippen LogP contribution in [-0.2, 0) is 9.59 Å². The molecule has 2 heterocycles. The van der Waals surface area contributed by atoms with Gasteiger partial charge in [-0.1, -0.05) is 11.6 Å².